The number of hydrogen-bond donors (Lipinski definition) is 0. The van der Waals surface area contributed by atoms with E-state index in [-0.39, 0.29) is 0 Å². The third kappa shape index (κ3) is 1.51. The quantitative estimate of drug-likeness (QED) is 0.647. The summed E-state index contributed by atoms with van der Waals surface area (Å²) >= 11 is 1.75. The maximum atomic E-state index is 5.22. The molecule has 1 aliphatic carbocycles. The van der Waals surface area contributed by atoms with Gasteiger partial charge in [0.2, 0.25) is 0 Å². The second-order valence-electron chi connectivity index (χ2n) is 3.14. The van der Waals surface area contributed by atoms with Crippen LogP contribution in [0.3, 0.4) is 0 Å². The molecule has 1 aliphatic rings. The molecule has 1 fully saturated rings. The lowest BCUT2D eigenvalue weighted by Gasteiger charge is -1.95. The Morgan fingerprint density at radius 1 is 1.67 bits per heavy atom. The summed E-state index contributed by atoms with van der Waals surface area (Å²) in [7, 11) is 0. The molecule has 0 unspecified atom stereocenters. The molecule has 2 heteroatoms. The lowest BCUT2D eigenvalue weighted by atomic mass is 10.2. The van der Waals surface area contributed by atoms with Crippen molar-refractivity contribution in [2.75, 3.05) is 0 Å². The number of rotatable bonds is 3. The van der Waals surface area contributed by atoms with Gasteiger partial charge in [-0.3, -0.25) is 0 Å². The zero-order chi connectivity index (χ0) is 8.39. The number of hydrogen-bond acceptors (Lipinski definition) is 2. The summed E-state index contributed by atoms with van der Waals surface area (Å²) in [5, 5.41) is 0. The molecule has 1 aromatic heterocycles. The Labute approximate surface area is 76.8 Å². The Morgan fingerprint density at radius 2 is 2.50 bits per heavy atom. The molecule has 0 bridgehead atoms. The standard InChI is InChI=1S/C10H11NS/c1-2-3-4-9-10(8-5-6-8)11-7-12-9/h1,7-8H,3-6H2. The minimum absolute atomic E-state index is 0.768. The zero-order valence-corrected chi connectivity index (χ0v) is 7.73. The molecule has 0 radical (unpaired) electrons. The normalized spacial score (nSPS) is 15.9. The van der Waals surface area contributed by atoms with Crippen LogP contribution in [0.1, 0.15) is 35.8 Å². The SMILES string of the molecule is C#CCCc1scnc1C1CC1. The van der Waals surface area contributed by atoms with Crippen molar-refractivity contribution in [1.82, 2.24) is 4.98 Å². The fourth-order valence-corrected chi connectivity index (χ4v) is 2.20. The third-order valence-corrected chi connectivity index (χ3v) is 3.04. The molecule has 0 spiro atoms. The summed E-state index contributed by atoms with van der Waals surface area (Å²) in [5.74, 6) is 3.44. The summed E-state index contributed by atoms with van der Waals surface area (Å²) in [6, 6.07) is 0. The van der Waals surface area contributed by atoms with Gasteiger partial charge in [-0.15, -0.1) is 23.7 Å². The number of nitrogens with zero attached hydrogens (tertiary/aromatic N) is 1. The van der Waals surface area contributed by atoms with Crippen LogP contribution in [-0.4, -0.2) is 4.98 Å². The van der Waals surface area contributed by atoms with Crippen molar-refractivity contribution in [3.05, 3.63) is 16.1 Å². The van der Waals surface area contributed by atoms with E-state index in [0.29, 0.717) is 0 Å². The summed E-state index contributed by atoms with van der Waals surface area (Å²) < 4.78 is 0. The Hall–Kier alpha value is -0.810. The molecular formula is C10H11NS. The average Bonchev–Trinajstić information content (AvgIpc) is 2.83. The van der Waals surface area contributed by atoms with Gasteiger partial charge < -0.3 is 0 Å². The largest absolute Gasteiger partial charge is 0.249 e. The fourth-order valence-electron chi connectivity index (χ4n) is 1.34. The molecule has 0 aliphatic heterocycles. The van der Waals surface area contributed by atoms with Gasteiger partial charge in [0.05, 0.1) is 11.2 Å². The first-order valence-electron chi connectivity index (χ1n) is 4.27. The van der Waals surface area contributed by atoms with Crippen molar-refractivity contribution < 1.29 is 0 Å². The topological polar surface area (TPSA) is 12.9 Å². The van der Waals surface area contributed by atoms with Crippen molar-refractivity contribution in [3.8, 4) is 12.3 Å². The van der Waals surface area contributed by atoms with E-state index in [9.17, 15) is 0 Å². The summed E-state index contributed by atoms with van der Waals surface area (Å²) in [6.45, 7) is 0. The Bertz CT molecular complexity index is 304. The van der Waals surface area contributed by atoms with Crippen LogP contribution in [0.2, 0.25) is 0 Å². The third-order valence-electron chi connectivity index (χ3n) is 2.13. The fraction of sp³-hybridized carbons (Fsp3) is 0.500. The Kier molecular flexibility index (Phi) is 2.14. The van der Waals surface area contributed by atoms with Gasteiger partial charge in [0.15, 0.2) is 0 Å². The molecule has 62 valence electrons. The molecule has 0 amide bonds. The highest BCUT2D eigenvalue weighted by Crippen LogP contribution is 2.41. The molecule has 2 rings (SSSR count). The second kappa shape index (κ2) is 3.28. The number of thiazole rings is 1. The maximum Gasteiger partial charge on any atom is 0.0797 e. The molecular weight excluding hydrogens is 166 g/mol. The van der Waals surface area contributed by atoms with Crippen LogP contribution in [-0.2, 0) is 6.42 Å². The van der Waals surface area contributed by atoms with Gasteiger partial charge >= 0.3 is 0 Å². The highest BCUT2D eigenvalue weighted by Gasteiger charge is 2.27. The predicted molar refractivity (Wildman–Crippen MR) is 51.2 cm³/mol. The summed E-state index contributed by atoms with van der Waals surface area (Å²) in [4.78, 5) is 5.79. The van der Waals surface area contributed by atoms with Gasteiger partial charge in [0, 0.05) is 17.2 Å². The number of aromatic nitrogens is 1. The van der Waals surface area contributed by atoms with Crippen LogP contribution >= 0.6 is 11.3 Å². The van der Waals surface area contributed by atoms with E-state index in [1.165, 1.54) is 23.4 Å². The lowest BCUT2D eigenvalue weighted by Crippen LogP contribution is -1.87. The van der Waals surface area contributed by atoms with Crippen LogP contribution in [0.15, 0.2) is 5.51 Å². The molecule has 1 heterocycles. The lowest BCUT2D eigenvalue weighted by molar-refractivity contribution is 0.964. The first kappa shape index (κ1) is 7.82. The molecule has 1 saturated carbocycles. The van der Waals surface area contributed by atoms with Crippen molar-refractivity contribution in [2.45, 2.75) is 31.6 Å². The molecule has 0 atom stereocenters. The highest BCUT2D eigenvalue weighted by atomic mass is 32.1. The Morgan fingerprint density at radius 3 is 3.17 bits per heavy atom. The van der Waals surface area contributed by atoms with E-state index >= 15 is 0 Å². The van der Waals surface area contributed by atoms with Crippen molar-refractivity contribution in [2.24, 2.45) is 0 Å². The van der Waals surface area contributed by atoms with Crippen LogP contribution in [0.4, 0.5) is 0 Å². The van der Waals surface area contributed by atoms with Crippen LogP contribution in [0, 0.1) is 12.3 Å². The van der Waals surface area contributed by atoms with Crippen molar-refractivity contribution in [1.29, 1.82) is 0 Å². The minimum atomic E-state index is 0.768. The van der Waals surface area contributed by atoms with E-state index in [1.54, 1.807) is 11.3 Å². The molecule has 0 saturated heterocycles. The minimum Gasteiger partial charge on any atom is -0.249 e. The first-order valence-corrected chi connectivity index (χ1v) is 5.15. The summed E-state index contributed by atoms with van der Waals surface area (Å²) in [5.41, 5.74) is 3.27. The van der Waals surface area contributed by atoms with E-state index in [2.05, 4.69) is 10.9 Å². The Balaban J connectivity index is 2.09. The van der Waals surface area contributed by atoms with Gasteiger partial charge in [-0.05, 0) is 19.3 Å². The molecule has 0 aromatic carbocycles. The van der Waals surface area contributed by atoms with Crippen LogP contribution in [0.25, 0.3) is 0 Å². The zero-order valence-electron chi connectivity index (χ0n) is 6.92. The predicted octanol–water partition coefficient (Wildman–Crippen LogP) is 2.59. The maximum absolute atomic E-state index is 5.22. The monoisotopic (exact) mass is 177 g/mol. The highest BCUT2D eigenvalue weighted by molar-refractivity contribution is 7.09. The van der Waals surface area contributed by atoms with Crippen molar-refractivity contribution >= 4 is 11.3 Å². The van der Waals surface area contributed by atoms with E-state index in [4.69, 9.17) is 6.42 Å². The average molecular weight is 177 g/mol. The second-order valence-corrected chi connectivity index (χ2v) is 4.08. The smallest absolute Gasteiger partial charge is 0.0797 e. The van der Waals surface area contributed by atoms with E-state index in [1.807, 2.05) is 5.51 Å². The summed E-state index contributed by atoms with van der Waals surface area (Å²) in [6.07, 6.45) is 9.74. The first-order chi connectivity index (χ1) is 5.92. The number of aryl methyl sites for hydroxylation is 1. The molecule has 1 nitrogen and oxygen atoms in total. The van der Waals surface area contributed by atoms with E-state index in [0.717, 1.165) is 18.8 Å². The van der Waals surface area contributed by atoms with Gasteiger partial charge in [0.25, 0.3) is 0 Å². The van der Waals surface area contributed by atoms with Gasteiger partial charge in [-0.2, -0.15) is 0 Å². The van der Waals surface area contributed by atoms with E-state index < -0.39 is 0 Å². The van der Waals surface area contributed by atoms with Gasteiger partial charge in [-0.1, -0.05) is 0 Å². The van der Waals surface area contributed by atoms with Crippen molar-refractivity contribution in [3.63, 3.8) is 0 Å². The molecule has 0 N–H and O–H groups in total. The molecule has 1 aromatic rings. The number of terminal acetylenes is 1. The molecule has 12 heavy (non-hydrogen) atoms. The van der Waals surface area contributed by atoms with Crippen LogP contribution < -0.4 is 0 Å². The van der Waals surface area contributed by atoms with Gasteiger partial charge in [-0.25, -0.2) is 4.98 Å². The van der Waals surface area contributed by atoms with Crippen LogP contribution in [0.5, 0.6) is 0 Å². The van der Waals surface area contributed by atoms with Gasteiger partial charge in [0.1, 0.15) is 0 Å².